The number of anilines is 2. The van der Waals surface area contributed by atoms with Crippen molar-refractivity contribution in [2.45, 2.75) is 12.4 Å². The van der Waals surface area contributed by atoms with Gasteiger partial charge in [-0.25, -0.2) is 26.3 Å². The molecule has 0 spiro atoms. The van der Waals surface area contributed by atoms with E-state index in [2.05, 4.69) is 9.47 Å². The molecule has 0 atom stereocenters. The third-order valence-corrected chi connectivity index (χ3v) is 4.53. The van der Waals surface area contributed by atoms with E-state index in [0.29, 0.717) is 0 Å². The lowest BCUT2D eigenvalue weighted by Crippen LogP contribution is -2.16. The first kappa shape index (κ1) is 27.5. The lowest BCUT2D eigenvalue weighted by Gasteiger charge is -2.21. The molecule has 3 rings (SSSR count). The lowest BCUT2D eigenvalue weighted by atomic mass is 10.1. The Morgan fingerprint density at radius 3 is 1.11 bits per heavy atom. The van der Waals surface area contributed by atoms with Crippen molar-refractivity contribution in [1.82, 2.24) is 0 Å². The van der Waals surface area contributed by atoms with Crippen molar-refractivity contribution >= 4 is 11.4 Å². The molecular formula is C20H7F13N2O2. The van der Waals surface area contributed by atoms with Crippen LogP contribution in [0.1, 0.15) is 11.1 Å². The van der Waals surface area contributed by atoms with Crippen LogP contribution in [-0.4, -0.2) is 0 Å². The molecule has 0 aliphatic carbocycles. The van der Waals surface area contributed by atoms with Crippen LogP contribution in [0.5, 0.6) is 23.0 Å². The summed E-state index contributed by atoms with van der Waals surface area (Å²) in [6, 6.07) is -1.29. The van der Waals surface area contributed by atoms with Gasteiger partial charge in [-0.1, -0.05) is 0 Å². The molecule has 17 heteroatoms. The predicted molar refractivity (Wildman–Crippen MR) is 98.0 cm³/mol. The molecule has 0 saturated heterocycles. The first-order valence-corrected chi connectivity index (χ1v) is 9.08. The molecule has 0 unspecified atom stereocenters. The number of nitrogen functional groups attached to an aromatic ring is 2. The minimum Gasteiger partial charge on any atom is -0.450 e. The van der Waals surface area contributed by atoms with Gasteiger partial charge in [-0.15, -0.1) is 0 Å². The van der Waals surface area contributed by atoms with Crippen LogP contribution in [0.4, 0.5) is 68.5 Å². The number of rotatable bonds is 4. The molecule has 200 valence electrons. The highest BCUT2D eigenvalue weighted by Crippen LogP contribution is 2.50. The van der Waals surface area contributed by atoms with Gasteiger partial charge >= 0.3 is 12.4 Å². The van der Waals surface area contributed by atoms with Gasteiger partial charge in [-0.05, 0) is 6.07 Å². The van der Waals surface area contributed by atoms with E-state index in [1.54, 1.807) is 0 Å². The summed E-state index contributed by atoms with van der Waals surface area (Å²) in [6.45, 7) is 0. The minimum absolute atomic E-state index is 0.242. The molecule has 0 aromatic heterocycles. The Hall–Kier alpha value is -4.05. The van der Waals surface area contributed by atoms with Crippen LogP contribution in [0.3, 0.4) is 0 Å². The Kier molecular flexibility index (Phi) is 6.78. The highest BCUT2D eigenvalue weighted by atomic mass is 19.4. The highest BCUT2D eigenvalue weighted by Gasteiger charge is 2.45. The van der Waals surface area contributed by atoms with E-state index in [1.807, 2.05) is 0 Å². The van der Waals surface area contributed by atoms with Crippen molar-refractivity contribution in [1.29, 1.82) is 0 Å². The van der Waals surface area contributed by atoms with E-state index >= 15 is 4.39 Å². The minimum atomic E-state index is -5.87. The Labute approximate surface area is 195 Å². The van der Waals surface area contributed by atoms with Gasteiger partial charge in [0, 0.05) is 12.1 Å². The van der Waals surface area contributed by atoms with Gasteiger partial charge in [0.1, 0.15) is 22.5 Å². The van der Waals surface area contributed by atoms with Gasteiger partial charge in [0.2, 0.25) is 5.82 Å². The maximum Gasteiger partial charge on any atom is 0.420 e. The van der Waals surface area contributed by atoms with Gasteiger partial charge in [-0.2, -0.15) is 30.7 Å². The van der Waals surface area contributed by atoms with E-state index in [9.17, 15) is 52.7 Å². The Morgan fingerprint density at radius 1 is 0.486 bits per heavy atom. The number of ether oxygens (including phenoxy) is 2. The largest absolute Gasteiger partial charge is 0.450 e. The van der Waals surface area contributed by atoms with Gasteiger partial charge in [0.15, 0.2) is 57.9 Å². The monoisotopic (exact) mass is 554 g/mol. The van der Waals surface area contributed by atoms with Crippen molar-refractivity contribution in [3.8, 4) is 23.0 Å². The fourth-order valence-electron chi connectivity index (χ4n) is 2.80. The van der Waals surface area contributed by atoms with Crippen LogP contribution in [-0.2, 0) is 12.4 Å². The smallest absolute Gasteiger partial charge is 0.420 e. The summed E-state index contributed by atoms with van der Waals surface area (Å²) in [6.07, 6.45) is -11.7. The molecule has 3 aromatic rings. The van der Waals surface area contributed by atoms with E-state index in [4.69, 9.17) is 11.5 Å². The van der Waals surface area contributed by atoms with E-state index in [-0.39, 0.29) is 12.1 Å². The second-order valence-electron chi connectivity index (χ2n) is 6.94. The average molecular weight is 554 g/mol. The molecule has 0 aliphatic heterocycles. The van der Waals surface area contributed by atoms with Crippen molar-refractivity contribution in [3.63, 3.8) is 0 Å². The Bertz CT molecular complexity index is 1300. The first-order chi connectivity index (χ1) is 16.9. The fourth-order valence-corrected chi connectivity index (χ4v) is 2.80. The van der Waals surface area contributed by atoms with E-state index < -0.39 is 105 Å². The Balaban J connectivity index is 2.35. The van der Waals surface area contributed by atoms with Crippen LogP contribution in [0.25, 0.3) is 0 Å². The molecule has 37 heavy (non-hydrogen) atoms. The molecule has 0 fully saturated rings. The van der Waals surface area contributed by atoms with Crippen molar-refractivity contribution in [2.75, 3.05) is 11.5 Å². The maximum atomic E-state index is 15.2. The topological polar surface area (TPSA) is 70.5 Å². The molecule has 0 aliphatic rings. The van der Waals surface area contributed by atoms with Crippen LogP contribution >= 0.6 is 0 Å². The predicted octanol–water partition coefficient (Wildman–Crippen LogP) is 7.45. The highest BCUT2D eigenvalue weighted by molar-refractivity contribution is 5.56. The number of nitrogens with two attached hydrogens (primary N) is 2. The number of hydrogen-bond acceptors (Lipinski definition) is 4. The lowest BCUT2D eigenvalue weighted by molar-refractivity contribution is -0.144. The number of hydrogen-bond donors (Lipinski definition) is 2. The Morgan fingerprint density at radius 2 is 0.811 bits per heavy atom. The molecule has 0 amide bonds. The van der Waals surface area contributed by atoms with Crippen LogP contribution in [0.15, 0.2) is 18.2 Å². The number of alkyl halides is 6. The van der Waals surface area contributed by atoms with Crippen LogP contribution in [0, 0.1) is 40.7 Å². The molecule has 3 aromatic carbocycles. The van der Waals surface area contributed by atoms with E-state index in [1.165, 1.54) is 0 Å². The van der Waals surface area contributed by atoms with Crippen molar-refractivity contribution in [3.05, 3.63) is 70.0 Å². The van der Waals surface area contributed by atoms with Crippen molar-refractivity contribution in [2.24, 2.45) is 0 Å². The summed E-state index contributed by atoms with van der Waals surface area (Å²) in [5.74, 6) is -23.0. The molecule has 0 bridgehead atoms. The summed E-state index contributed by atoms with van der Waals surface area (Å²) in [7, 11) is 0. The zero-order valence-electron chi connectivity index (χ0n) is 17.1. The summed E-state index contributed by atoms with van der Waals surface area (Å²) >= 11 is 0. The molecule has 0 heterocycles. The average Bonchev–Trinajstić information content (AvgIpc) is 2.78. The molecular weight excluding hydrogens is 547 g/mol. The maximum absolute atomic E-state index is 15.2. The van der Waals surface area contributed by atoms with Gasteiger partial charge in [-0.3, -0.25) is 0 Å². The van der Waals surface area contributed by atoms with Gasteiger partial charge < -0.3 is 20.9 Å². The zero-order valence-corrected chi connectivity index (χ0v) is 17.1. The third kappa shape index (κ3) is 4.97. The summed E-state index contributed by atoms with van der Waals surface area (Å²) in [5.41, 5.74) is 1.34. The summed E-state index contributed by atoms with van der Waals surface area (Å²) in [5, 5.41) is 0. The molecule has 4 nitrogen and oxygen atoms in total. The normalized spacial score (nSPS) is 12.1. The zero-order chi connectivity index (χ0) is 28.2. The molecule has 0 saturated carbocycles. The van der Waals surface area contributed by atoms with Gasteiger partial charge in [0.05, 0.1) is 0 Å². The standard InChI is InChI=1S/C20H7F13N2O2/c21-6-2-8(12(25)15(34)10(6)23)36-17-4(19(28,29)30)1-5(20(31,32)33)18(14(17)27)37-9-3-7(22)11(24)16(35)13(9)26/h1-3H,34-35H2. The first-order valence-electron chi connectivity index (χ1n) is 9.08. The molecule has 0 radical (unpaired) electrons. The van der Waals surface area contributed by atoms with E-state index in [0.717, 1.165) is 0 Å². The second kappa shape index (κ2) is 9.11. The fraction of sp³-hybridized carbons (Fsp3) is 0.100. The summed E-state index contributed by atoms with van der Waals surface area (Å²) in [4.78, 5) is 0. The second-order valence-corrected chi connectivity index (χ2v) is 6.94. The van der Waals surface area contributed by atoms with Crippen LogP contribution in [0.2, 0.25) is 0 Å². The number of benzene rings is 3. The number of halogens is 13. The van der Waals surface area contributed by atoms with Gasteiger partial charge in [0.25, 0.3) is 0 Å². The van der Waals surface area contributed by atoms with Crippen LogP contribution < -0.4 is 20.9 Å². The third-order valence-electron chi connectivity index (χ3n) is 4.53. The SMILES string of the molecule is Nc1c(F)c(F)cc(Oc2c(C(F)(F)F)cc(C(F)(F)F)c(Oc3cc(F)c(F)c(N)c3F)c2F)c1F. The molecule has 4 N–H and O–H groups in total. The quantitative estimate of drug-likeness (QED) is 0.200. The van der Waals surface area contributed by atoms with Crippen molar-refractivity contribution < 1.29 is 66.5 Å². The summed E-state index contributed by atoms with van der Waals surface area (Å²) < 4.78 is 187.